The molecule has 2 aromatic rings. The van der Waals surface area contributed by atoms with Gasteiger partial charge in [-0.25, -0.2) is 9.36 Å². The number of rotatable bonds is 1. The van der Waals surface area contributed by atoms with Gasteiger partial charge in [-0.2, -0.15) is 4.90 Å². The molecule has 2 heterocycles. The molecule has 0 spiro atoms. The number of fused-ring (bicyclic) bond motifs is 1. The summed E-state index contributed by atoms with van der Waals surface area (Å²) in [7, 11) is 0. The molecule has 1 aliphatic heterocycles. The van der Waals surface area contributed by atoms with E-state index in [9.17, 15) is 4.79 Å². The van der Waals surface area contributed by atoms with Crippen molar-refractivity contribution in [2.75, 3.05) is 11.4 Å². The Morgan fingerprint density at radius 2 is 2.06 bits per heavy atom. The van der Waals surface area contributed by atoms with Gasteiger partial charge in [0.25, 0.3) is 0 Å². The maximum absolute atomic E-state index is 11.5. The number of nitrogens with zero attached hydrogens (tertiary/aromatic N) is 2. The van der Waals surface area contributed by atoms with Crippen LogP contribution in [0.3, 0.4) is 0 Å². The first-order valence-corrected chi connectivity index (χ1v) is 6.91. The molecular formula is C14H15N2OS+. The predicted octanol–water partition coefficient (Wildman–Crippen LogP) is 2.38. The summed E-state index contributed by atoms with van der Waals surface area (Å²) in [6.07, 6.45) is 0. The average molecular weight is 259 g/mol. The number of hydrogen-bond donors (Lipinski definition) is 0. The summed E-state index contributed by atoms with van der Waals surface area (Å²) >= 11 is 1.64. The standard InChI is InChI=1S/C14H15N2OS/c1-10-3-5-12(6-4-10)13-9-18-14-15(11(2)17)7-8-16(13)14/h3-6,9H,7-8H2,1-2H3/q+1. The minimum atomic E-state index is 0.124. The number of amides is 1. The van der Waals surface area contributed by atoms with Crippen molar-refractivity contribution >= 4 is 22.4 Å². The molecule has 0 unspecified atom stereocenters. The number of hydrogen-bond acceptors (Lipinski definition) is 2. The van der Waals surface area contributed by atoms with E-state index in [-0.39, 0.29) is 5.91 Å². The van der Waals surface area contributed by atoms with Gasteiger partial charge in [0.2, 0.25) is 0 Å². The quantitative estimate of drug-likeness (QED) is 0.721. The topological polar surface area (TPSA) is 24.2 Å². The van der Waals surface area contributed by atoms with Crippen LogP contribution in [0.4, 0.5) is 5.13 Å². The molecule has 0 aliphatic carbocycles. The number of anilines is 1. The second-order valence-electron chi connectivity index (χ2n) is 4.59. The van der Waals surface area contributed by atoms with Crippen LogP contribution in [0.5, 0.6) is 0 Å². The SMILES string of the molecule is CC(=O)N1CC[n+]2c(-c3ccc(C)cc3)csc21. The zero-order chi connectivity index (χ0) is 12.7. The van der Waals surface area contributed by atoms with Gasteiger partial charge in [-0.05, 0) is 6.92 Å². The van der Waals surface area contributed by atoms with Crippen LogP contribution in [0.15, 0.2) is 29.6 Å². The molecule has 1 aliphatic rings. The Labute approximate surface area is 110 Å². The molecular weight excluding hydrogens is 244 g/mol. The summed E-state index contributed by atoms with van der Waals surface area (Å²) in [5.74, 6) is 0.124. The van der Waals surface area contributed by atoms with Crippen LogP contribution in [0, 0.1) is 6.92 Å². The first-order valence-electron chi connectivity index (χ1n) is 6.03. The van der Waals surface area contributed by atoms with Gasteiger partial charge < -0.3 is 0 Å². The predicted molar refractivity (Wildman–Crippen MR) is 72.7 cm³/mol. The normalized spacial score (nSPS) is 13.8. The van der Waals surface area contributed by atoms with Crippen molar-refractivity contribution < 1.29 is 9.36 Å². The van der Waals surface area contributed by atoms with Crippen LogP contribution in [-0.4, -0.2) is 12.5 Å². The molecule has 1 aromatic heterocycles. The molecule has 0 atom stereocenters. The van der Waals surface area contributed by atoms with E-state index in [1.165, 1.54) is 16.8 Å². The van der Waals surface area contributed by atoms with Crippen LogP contribution in [0.2, 0.25) is 0 Å². The maximum atomic E-state index is 11.5. The highest BCUT2D eigenvalue weighted by Gasteiger charge is 2.35. The van der Waals surface area contributed by atoms with Crippen molar-refractivity contribution in [3.05, 3.63) is 35.2 Å². The number of carbonyl (C=O) groups is 1. The van der Waals surface area contributed by atoms with Gasteiger partial charge in [0.1, 0.15) is 18.8 Å². The lowest BCUT2D eigenvalue weighted by Crippen LogP contribution is -2.31. The van der Waals surface area contributed by atoms with Crippen molar-refractivity contribution in [3.8, 4) is 11.3 Å². The van der Waals surface area contributed by atoms with Gasteiger partial charge in [-0.3, -0.25) is 0 Å². The van der Waals surface area contributed by atoms with E-state index in [1.54, 1.807) is 18.3 Å². The fraction of sp³-hybridized carbons (Fsp3) is 0.286. The summed E-state index contributed by atoms with van der Waals surface area (Å²) < 4.78 is 2.23. The number of aryl methyl sites for hydroxylation is 1. The third kappa shape index (κ3) is 1.73. The number of aromatic nitrogens is 1. The molecule has 92 valence electrons. The molecule has 3 rings (SSSR count). The summed E-state index contributed by atoms with van der Waals surface area (Å²) in [4.78, 5) is 13.4. The van der Waals surface area contributed by atoms with Crippen LogP contribution in [0.1, 0.15) is 12.5 Å². The summed E-state index contributed by atoms with van der Waals surface area (Å²) in [5.41, 5.74) is 3.69. The minimum Gasteiger partial charge on any atom is -0.247 e. The Morgan fingerprint density at radius 3 is 2.72 bits per heavy atom. The fourth-order valence-corrected chi connectivity index (χ4v) is 3.44. The third-order valence-electron chi connectivity index (χ3n) is 3.30. The first-order chi connectivity index (χ1) is 8.66. The zero-order valence-corrected chi connectivity index (χ0v) is 11.3. The number of carbonyl (C=O) groups excluding carboxylic acids is 1. The highest BCUT2D eigenvalue weighted by molar-refractivity contribution is 7.13. The zero-order valence-electron chi connectivity index (χ0n) is 10.5. The van der Waals surface area contributed by atoms with E-state index in [4.69, 9.17) is 0 Å². The molecule has 18 heavy (non-hydrogen) atoms. The molecule has 3 nitrogen and oxygen atoms in total. The molecule has 1 aromatic carbocycles. The molecule has 0 radical (unpaired) electrons. The van der Waals surface area contributed by atoms with Gasteiger partial charge in [-0.1, -0.05) is 41.2 Å². The third-order valence-corrected chi connectivity index (χ3v) is 4.30. The molecule has 1 amide bonds. The molecule has 0 fully saturated rings. The summed E-state index contributed by atoms with van der Waals surface area (Å²) in [6.45, 7) is 5.40. The Balaban J connectivity index is 2.04. The highest BCUT2D eigenvalue weighted by Crippen LogP contribution is 2.28. The van der Waals surface area contributed by atoms with Crippen LogP contribution < -0.4 is 9.47 Å². The first kappa shape index (κ1) is 11.4. The van der Waals surface area contributed by atoms with E-state index in [0.717, 1.165) is 18.2 Å². The van der Waals surface area contributed by atoms with Gasteiger partial charge in [0.15, 0.2) is 0 Å². The smallest absolute Gasteiger partial charge is 0.247 e. The Bertz CT molecular complexity index is 601. The van der Waals surface area contributed by atoms with E-state index in [2.05, 4.69) is 41.1 Å². The van der Waals surface area contributed by atoms with E-state index < -0.39 is 0 Å². The molecule has 0 saturated heterocycles. The van der Waals surface area contributed by atoms with Crippen molar-refractivity contribution in [2.45, 2.75) is 20.4 Å². The van der Waals surface area contributed by atoms with Crippen molar-refractivity contribution in [1.82, 2.24) is 0 Å². The van der Waals surface area contributed by atoms with Crippen LogP contribution in [0.25, 0.3) is 11.3 Å². The van der Waals surface area contributed by atoms with E-state index >= 15 is 0 Å². The molecule has 0 N–H and O–H groups in total. The summed E-state index contributed by atoms with van der Waals surface area (Å²) in [6, 6.07) is 8.53. The second kappa shape index (κ2) is 4.21. The lowest BCUT2D eigenvalue weighted by molar-refractivity contribution is -0.655. The maximum Gasteiger partial charge on any atom is 0.344 e. The fourth-order valence-electron chi connectivity index (χ4n) is 2.30. The lowest BCUT2D eigenvalue weighted by atomic mass is 10.1. The average Bonchev–Trinajstić information content (AvgIpc) is 2.90. The Kier molecular flexibility index (Phi) is 2.67. The summed E-state index contributed by atoms with van der Waals surface area (Å²) in [5, 5.41) is 3.19. The van der Waals surface area contributed by atoms with Crippen molar-refractivity contribution in [2.24, 2.45) is 0 Å². The second-order valence-corrected chi connectivity index (χ2v) is 5.43. The number of benzene rings is 1. The van der Waals surface area contributed by atoms with Crippen LogP contribution >= 0.6 is 11.3 Å². The van der Waals surface area contributed by atoms with Gasteiger partial charge in [0.05, 0.1) is 0 Å². The largest absolute Gasteiger partial charge is 0.344 e. The van der Waals surface area contributed by atoms with Crippen molar-refractivity contribution in [1.29, 1.82) is 0 Å². The van der Waals surface area contributed by atoms with Crippen LogP contribution in [-0.2, 0) is 11.3 Å². The Hall–Kier alpha value is -1.68. The Morgan fingerprint density at radius 1 is 1.33 bits per heavy atom. The monoisotopic (exact) mass is 259 g/mol. The minimum absolute atomic E-state index is 0.124. The van der Waals surface area contributed by atoms with Gasteiger partial charge in [0, 0.05) is 17.9 Å². The molecule has 0 saturated carbocycles. The molecule has 4 heteroatoms. The number of thiazole rings is 1. The highest BCUT2D eigenvalue weighted by atomic mass is 32.1. The van der Waals surface area contributed by atoms with E-state index in [1.807, 2.05) is 4.90 Å². The molecule has 0 bridgehead atoms. The van der Waals surface area contributed by atoms with Crippen molar-refractivity contribution in [3.63, 3.8) is 0 Å². The van der Waals surface area contributed by atoms with Gasteiger partial charge >= 0.3 is 11.0 Å². The lowest BCUT2D eigenvalue weighted by Gasteiger charge is -2.00. The van der Waals surface area contributed by atoms with E-state index in [0.29, 0.717) is 0 Å². The van der Waals surface area contributed by atoms with Gasteiger partial charge in [-0.15, -0.1) is 0 Å².